The van der Waals surface area contributed by atoms with Gasteiger partial charge in [-0.2, -0.15) is 0 Å². The Balaban J connectivity index is 1.57. The first-order chi connectivity index (χ1) is 14.5. The molecule has 1 aromatic carbocycles. The summed E-state index contributed by atoms with van der Waals surface area (Å²) in [7, 11) is 0. The molecule has 2 aliphatic rings. The number of nitrogens with one attached hydrogen (secondary N) is 1. The van der Waals surface area contributed by atoms with Gasteiger partial charge in [-0.15, -0.1) is 6.42 Å². The van der Waals surface area contributed by atoms with Crippen LogP contribution in [-0.2, 0) is 10.3 Å². The molecule has 30 heavy (non-hydrogen) atoms. The number of amidine groups is 1. The zero-order chi connectivity index (χ0) is 21.3. The van der Waals surface area contributed by atoms with Crippen LogP contribution in [0.25, 0.3) is 0 Å². The number of rotatable bonds is 6. The van der Waals surface area contributed by atoms with Crippen molar-refractivity contribution in [2.45, 2.75) is 18.1 Å². The van der Waals surface area contributed by atoms with Crippen LogP contribution in [0.15, 0.2) is 35.6 Å². The SMILES string of the molecule is C#CCOc1cnc(C(=O)Nc2ccc(Cl)c([C@]3(CF)N=C(N)OC4C[C@H]43)c2)cn1. The third kappa shape index (κ3) is 3.62. The summed E-state index contributed by atoms with van der Waals surface area (Å²) in [4.78, 5) is 24.8. The smallest absolute Gasteiger partial charge is 0.283 e. The topological polar surface area (TPSA) is 112 Å². The third-order valence-electron chi connectivity index (χ3n) is 4.99. The quantitative estimate of drug-likeness (QED) is 0.681. The molecule has 1 aliphatic carbocycles. The number of carbonyl (C=O) groups excluding carboxylic acids is 1. The highest BCUT2D eigenvalue weighted by Gasteiger charge is 2.59. The summed E-state index contributed by atoms with van der Waals surface area (Å²) in [5, 5.41) is 3.03. The molecule has 3 atom stereocenters. The number of benzene rings is 1. The van der Waals surface area contributed by atoms with Crippen LogP contribution in [0.1, 0.15) is 22.5 Å². The van der Waals surface area contributed by atoms with Gasteiger partial charge in [-0.05, 0) is 24.6 Å². The van der Waals surface area contributed by atoms with Crippen LogP contribution in [0.4, 0.5) is 10.1 Å². The van der Waals surface area contributed by atoms with Crippen molar-refractivity contribution in [3.8, 4) is 18.2 Å². The van der Waals surface area contributed by atoms with Crippen molar-refractivity contribution in [3.05, 3.63) is 46.9 Å². The van der Waals surface area contributed by atoms with Gasteiger partial charge in [0.05, 0.1) is 12.4 Å². The molecule has 1 amide bonds. The molecule has 0 saturated heterocycles. The number of nitrogens with two attached hydrogens (primary N) is 1. The van der Waals surface area contributed by atoms with E-state index in [4.69, 9.17) is 33.2 Å². The van der Waals surface area contributed by atoms with Crippen LogP contribution >= 0.6 is 11.6 Å². The number of aliphatic imine (C=N–C) groups is 1. The van der Waals surface area contributed by atoms with Crippen LogP contribution < -0.4 is 15.8 Å². The van der Waals surface area contributed by atoms with E-state index < -0.39 is 18.1 Å². The number of amides is 1. The average Bonchev–Trinajstić information content (AvgIpc) is 3.53. The van der Waals surface area contributed by atoms with E-state index in [2.05, 4.69) is 26.2 Å². The maximum atomic E-state index is 14.2. The molecule has 3 N–H and O–H groups in total. The lowest BCUT2D eigenvalue weighted by Gasteiger charge is -2.32. The first-order valence-electron chi connectivity index (χ1n) is 9.04. The lowest BCUT2D eigenvalue weighted by molar-refractivity contribution is 0.102. The van der Waals surface area contributed by atoms with Crippen molar-refractivity contribution >= 4 is 29.2 Å². The predicted octanol–water partition coefficient (Wildman–Crippen LogP) is 2.29. The van der Waals surface area contributed by atoms with Crippen molar-refractivity contribution in [3.63, 3.8) is 0 Å². The van der Waals surface area contributed by atoms with Gasteiger partial charge in [0.2, 0.25) is 5.88 Å². The predicted molar refractivity (Wildman–Crippen MR) is 108 cm³/mol. The number of terminal acetylenes is 1. The molecule has 2 heterocycles. The van der Waals surface area contributed by atoms with Crippen molar-refractivity contribution in [1.29, 1.82) is 0 Å². The van der Waals surface area contributed by atoms with Crippen molar-refractivity contribution in [1.82, 2.24) is 9.97 Å². The summed E-state index contributed by atoms with van der Waals surface area (Å²) in [6.45, 7) is -0.746. The molecule has 154 valence electrons. The van der Waals surface area contributed by atoms with E-state index in [0.717, 1.165) is 0 Å². The molecule has 0 radical (unpaired) electrons. The summed E-state index contributed by atoms with van der Waals surface area (Å²) in [6, 6.07) is 4.70. The van der Waals surface area contributed by atoms with Crippen molar-refractivity contribution in [2.24, 2.45) is 16.6 Å². The number of aromatic nitrogens is 2. The van der Waals surface area contributed by atoms with E-state index in [1.54, 1.807) is 18.2 Å². The first-order valence-corrected chi connectivity index (χ1v) is 9.42. The number of hydrogen-bond acceptors (Lipinski definition) is 7. The molecular formula is C20H17ClFN5O3. The molecule has 8 nitrogen and oxygen atoms in total. The van der Waals surface area contributed by atoms with Gasteiger partial charge in [0.15, 0.2) is 6.61 Å². The highest BCUT2D eigenvalue weighted by molar-refractivity contribution is 6.31. The Morgan fingerprint density at radius 2 is 2.30 bits per heavy atom. The second-order valence-corrected chi connectivity index (χ2v) is 7.30. The third-order valence-corrected chi connectivity index (χ3v) is 5.32. The van der Waals surface area contributed by atoms with Gasteiger partial charge in [-0.25, -0.2) is 19.4 Å². The van der Waals surface area contributed by atoms with Crippen LogP contribution in [0.5, 0.6) is 5.88 Å². The van der Waals surface area contributed by atoms with Crippen molar-refractivity contribution in [2.75, 3.05) is 18.6 Å². The highest BCUT2D eigenvalue weighted by Crippen LogP contribution is 2.54. The maximum Gasteiger partial charge on any atom is 0.283 e. The summed E-state index contributed by atoms with van der Waals surface area (Å²) in [5.41, 5.74) is 5.41. The Morgan fingerprint density at radius 1 is 1.47 bits per heavy atom. The molecule has 1 aliphatic heterocycles. The van der Waals surface area contributed by atoms with E-state index in [0.29, 0.717) is 22.7 Å². The molecule has 2 aromatic rings. The monoisotopic (exact) mass is 429 g/mol. The molecule has 0 spiro atoms. The van der Waals surface area contributed by atoms with E-state index in [1.165, 1.54) is 12.4 Å². The Kier molecular flexibility index (Phi) is 5.18. The lowest BCUT2D eigenvalue weighted by Crippen LogP contribution is -2.39. The highest BCUT2D eigenvalue weighted by atomic mass is 35.5. The Bertz CT molecular complexity index is 1060. The first kappa shape index (κ1) is 19.9. The van der Waals surface area contributed by atoms with E-state index in [-0.39, 0.29) is 36.2 Å². The number of ether oxygens (including phenoxy) is 2. The molecular weight excluding hydrogens is 413 g/mol. The fourth-order valence-corrected chi connectivity index (χ4v) is 3.76. The molecule has 1 saturated carbocycles. The van der Waals surface area contributed by atoms with Crippen LogP contribution in [0.2, 0.25) is 5.02 Å². The Labute approximate surface area is 176 Å². The number of halogens is 2. The van der Waals surface area contributed by atoms with Crippen molar-refractivity contribution < 1.29 is 18.7 Å². The number of anilines is 1. The standard InChI is InChI=1S/C20H17ClFN5O3/c1-2-5-29-17-9-24-15(8-25-17)18(28)26-11-3-4-14(21)12(6-11)20(10-22)13-7-16(13)30-19(23)27-20/h1,3-4,6,8-9,13,16H,5,7,10H2,(H2,23,27)(H,26,28)/t13-,16?,20+/m1/s1. The van der Waals surface area contributed by atoms with E-state index in [9.17, 15) is 9.18 Å². The minimum Gasteiger partial charge on any atom is -0.463 e. The van der Waals surface area contributed by atoms with Crippen LogP contribution in [-0.4, -0.2) is 41.3 Å². The largest absolute Gasteiger partial charge is 0.463 e. The second kappa shape index (κ2) is 7.80. The van der Waals surface area contributed by atoms with E-state index in [1.807, 2.05) is 0 Å². The fraction of sp³-hybridized carbons (Fsp3) is 0.300. The molecule has 4 rings (SSSR count). The summed E-state index contributed by atoms with van der Waals surface area (Å²) >= 11 is 6.36. The number of alkyl halides is 1. The minimum absolute atomic E-state index is 0.0456. The van der Waals surface area contributed by atoms with Crippen LogP contribution in [0, 0.1) is 18.3 Å². The van der Waals surface area contributed by atoms with Crippen LogP contribution in [0.3, 0.4) is 0 Å². The van der Waals surface area contributed by atoms with Gasteiger partial charge in [-0.1, -0.05) is 17.5 Å². The van der Waals surface area contributed by atoms with Gasteiger partial charge in [0.25, 0.3) is 11.9 Å². The molecule has 0 bridgehead atoms. The number of fused-ring (bicyclic) bond motifs is 1. The molecule has 10 heteroatoms. The normalized spacial score (nSPS) is 24.0. The zero-order valence-corrected chi connectivity index (χ0v) is 16.4. The molecule has 1 unspecified atom stereocenters. The number of carbonyl (C=O) groups is 1. The lowest BCUT2D eigenvalue weighted by atomic mass is 9.85. The van der Waals surface area contributed by atoms with E-state index >= 15 is 0 Å². The fourth-order valence-electron chi connectivity index (χ4n) is 3.48. The average molecular weight is 430 g/mol. The summed E-state index contributed by atoms with van der Waals surface area (Å²) in [5.74, 6) is 1.84. The van der Waals surface area contributed by atoms with Gasteiger partial charge >= 0.3 is 0 Å². The Hall–Kier alpha value is -3.38. The minimum atomic E-state index is -1.24. The van der Waals surface area contributed by atoms with Gasteiger partial charge < -0.3 is 20.5 Å². The maximum absolute atomic E-state index is 14.2. The molecule has 1 aromatic heterocycles. The zero-order valence-electron chi connectivity index (χ0n) is 15.6. The number of hydrogen-bond donors (Lipinski definition) is 2. The summed E-state index contributed by atoms with van der Waals surface area (Å²) < 4.78 is 24.7. The second-order valence-electron chi connectivity index (χ2n) is 6.89. The van der Waals surface area contributed by atoms with Gasteiger partial charge in [0.1, 0.15) is 24.0 Å². The number of nitrogens with zero attached hydrogens (tertiary/aromatic N) is 3. The molecule has 1 fully saturated rings. The van der Waals surface area contributed by atoms with Gasteiger partial charge in [-0.3, -0.25) is 4.79 Å². The Morgan fingerprint density at radius 3 is 3.00 bits per heavy atom. The van der Waals surface area contributed by atoms with Gasteiger partial charge in [0, 0.05) is 22.2 Å². The summed E-state index contributed by atoms with van der Waals surface area (Å²) in [6.07, 6.45) is 8.12.